The molecule has 0 radical (unpaired) electrons. The second-order valence-corrected chi connectivity index (χ2v) is 15.4. The molecule has 1 saturated carbocycles. The topological polar surface area (TPSA) is 105 Å². The molecule has 2 heterocycles. The van der Waals surface area contributed by atoms with Gasteiger partial charge < -0.3 is 15.0 Å². The molecule has 10 heteroatoms. The van der Waals surface area contributed by atoms with Crippen molar-refractivity contribution in [1.29, 1.82) is 0 Å². The second-order valence-electron chi connectivity index (χ2n) is 13.0. The third kappa shape index (κ3) is 8.04. The quantitative estimate of drug-likeness (QED) is 0.370. The molecule has 45 heavy (non-hydrogen) atoms. The van der Waals surface area contributed by atoms with Gasteiger partial charge in [0.2, 0.25) is 15.9 Å². The number of anilines is 1. The van der Waals surface area contributed by atoms with Crippen molar-refractivity contribution in [2.24, 2.45) is 17.8 Å². The fraction of sp³-hybridized carbons (Fsp3) is 0.543. The number of fused-ring (bicyclic) bond motifs is 3. The maximum absolute atomic E-state index is 13.4. The molecule has 8 nitrogen and oxygen atoms in total. The smallest absolute Gasteiger partial charge is 0.264 e. The third-order valence-electron chi connectivity index (χ3n) is 9.59. The van der Waals surface area contributed by atoms with E-state index < -0.39 is 21.2 Å². The van der Waals surface area contributed by atoms with Crippen molar-refractivity contribution in [2.45, 2.75) is 90.0 Å². The van der Waals surface area contributed by atoms with Crippen LogP contribution in [0.2, 0.25) is 5.02 Å². The molecule has 0 unspecified atom stereocenters. The SMILES string of the molecule is CC[C@@H]1CC/C=C\[C@@H](NC(=O)C(C)C)[C@@H]2CC[C@H]2CN2CCCCc3cc(Cl)ccc3COc3ccc(cc32)C(=O)NS1(=O)=O. The van der Waals surface area contributed by atoms with Gasteiger partial charge in [0.05, 0.1) is 17.0 Å². The van der Waals surface area contributed by atoms with Gasteiger partial charge in [-0.1, -0.05) is 50.6 Å². The molecule has 3 aliphatic rings. The van der Waals surface area contributed by atoms with E-state index in [4.69, 9.17) is 16.3 Å². The fourth-order valence-corrected chi connectivity index (χ4v) is 8.28. The van der Waals surface area contributed by atoms with Crippen LogP contribution in [-0.2, 0) is 27.8 Å². The number of rotatable bonds is 3. The summed E-state index contributed by atoms with van der Waals surface area (Å²) in [6, 6.07) is 11.0. The number of hydrogen-bond donors (Lipinski definition) is 2. The molecular weight excluding hydrogens is 610 g/mol. The first-order chi connectivity index (χ1) is 21.6. The number of amides is 2. The largest absolute Gasteiger partial charge is 0.487 e. The van der Waals surface area contributed by atoms with E-state index in [0.29, 0.717) is 42.6 Å². The lowest BCUT2D eigenvalue weighted by atomic mass is 9.69. The molecule has 244 valence electrons. The Hall–Kier alpha value is -3.04. The number of hydrogen-bond acceptors (Lipinski definition) is 6. The summed E-state index contributed by atoms with van der Waals surface area (Å²) in [7, 11) is -3.91. The molecule has 5 rings (SSSR count). The Morgan fingerprint density at radius 2 is 1.93 bits per heavy atom. The van der Waals surface area contributed by atoms with E-state index in [9.17, 15) is 18.0 Å². The summed E-state index contributed by atoms with van der Waals surface area (Å²) < 4.78 is 35.4. The number of benzene rings is 2. The van der Waals surface area contributed by atoms with Crippen LogP contribution in [0.3, 0.4) is 0 Å². The van der Waals surface area contributed by atoms with Crippen LogP contribution in [0.15, 0.2) is 48.6 Å². The molecule has 2 bridgehead atoms. The summed E-state index contributed by atoms with van der Waals surface area (Å²) in [5.41, 5.74) is 3.30. The van der Waals surface area contributed by atoms with Crippen LogP contribution in [0.25, 0.3) is 0 Å². The molecule has 0 spiro atoms. The monoisotopic (exact) mass is 655 g/mol. The number of sulfonamides is 1. The summed E-state index contributed by atoms with van der Waals surface area (Å²) in [6.45, 7) is 7.45. The number of carbonyl (C=O) groups is 2. The summed E-state index contributed by atoms with van der Waals surface area (Å²) in [6.07, 6.45) is 10.2. The van der Waals surface area contributed by atoms with Crippen molar-refractivity contribution >= 4 is 39.1 Å². The average molecular weight is 656 g/mol. The molecule has 1 fully saturated rings. The number of allylic oxidation sites excluding steroid dienone is 1. The Kier molecular flexibility index (Phi) is 10.8. The van der Waals surface area contributed by atoms with Gasteiger partial charge >= 0.3 is 0 Å². The van der Waals surface area contributed by atoms with Gasteiger partial charge in [0.15, 0.2) is 0 Å². The maximum atomic E-state index is 13.4. The first kappa shape index (κ1) is 33.3. The van der Waals surface area contributed by atoms with Gasteiger partial charge in [-0.25, -0.2) is 13.1 Å². The van der Waals surface area contributed by atoms with Crippen LogP contribution in [0.4, 0.5) is 5.69 Å². The number of nitrogens with one attached hydrogen (secondary N) is 2. The number of ether oxygens (including phenoxy) is 1. The highest BCUT2D eigenvalue weighted by Crippen LogP contribution is 2.41. The summed E-state index contributed by atoms with van der Waals surface area (Å²) in [5, 5.41) is 3.26. The van der Waals surface area contributed by atoms with Gasteiger partial charge in [-0.15, -0.1) is 0 Å². The van der Waals surface area contributed by atoms with Crippen LogP contribution in [0.5, 0.6) is 5.75 Å². The Morgan fingerprint density at radius 1 is 1.11 bits per heavy atom. The van der Waals surface area contributed by atoms with E-state index in [1.54, 1.807) is 18.2 Å². The minimum atomic E-state index is -3.91. The third-order valence-corrected chi connectivity index (χ3v) is 11.7. The van der Waals surface area contributed by atoms with Gasteiger partial charge in [0.25, 0.3) is 5.91 Å². The highest BCUT2D eigenvalue weighted by molar-refractivity contribution is 7.90. The highest BCUT2D eigenvalue weighted by Gasteiger charge is 2.38. The zero-order chi connectivity index (χ0) is 32.1. The molecule has 2 N–H and O–H groups in total. The predicted octanol–water partition coefficient (Wildman–Crippen LogP) is 6.42. The summed E-state index contributed by atoms with van der Waals surface area (Å²) in [4.78, 5) is 28.6. The van der Waals surface area contributed by atoms with Crippen molar-refractivity contribution in [3.05, 3.63) is 70.3 Å². The number of halogens is 1. The number of nitrogens with zero attached hydrogens (tertiary/aromatic N) is 1. The van der Waals surface area contributed by atoms with E-state index in [-0.39, 0.29) is 29.3 Å². The number of carbonyl (C=O) groups excluding carboxylic acids is 2. The molecule has 2 amide bonds. The van der Waals surface area contributed by atoms with Crippen LogP contribution in [0.1, 0.15) is 87.2 Å². The van der Waals surface area contributed by atoms with Crippen LogP contribution in [-0.4, -0.2) is 44.6 Å². The number of aryl methyl sites for hydroxylation is 1. The minimum absolute atomic E-state index is 0.0136. The van der Waals surface area contributed by atoms with E-state index >= 15 is 0 Å². The van der Waals surface area contributed by atoms with Gasteiger partial charge in [-0.3, -0.25) is 9.59 Å². The predicted molar refractivity (Wildman–Crippen MR) is 179 cm³/mol. The van der Waals surface area contributed by atoms with Gasteiger partial charge in [-0.2, -0.15) is 0 Å². The Morgan fingerprint density at radius 3 is 2.67 bits per heavy atom. The van der Waals surface area contributed by atoms with Crippen molar-refractivity contribution in [1.82, 2.24) is 10.0 Å². The van der Waals surface area contributed by atoms with Gasteiger partial charge in [0.1, 0.15) is 12.4 Å². The standard InChI is InChI=1S/C35H46ClN3O5S/c1-4-29-10-5-6-11-31(37-34(40)23(2)3)30-16-13-26(30)21-39-18-8-7-9-24-19-28(36)15-12-27(24)22-44-33-17-14-25(20-32(33)39)35(41)38-45(29,42)43/h6,11-12,14-15,17,19-20,23,26,29-31H,4-5,7-10,13,16,18,21-22H2,1-3H3,(H,37,40)(H,38,41)/b11-6-/t26-,29+,30+,31+/m0/s1. The molecule has 2 aromatic rings. The Balaban J connectivity index is 1.54. The zero-order valence-electron chi connectivity index (χ0n) is 26.6. The zero-order valence-corrected chi connectivity index (χ0v) is 28.1. The van der Waals surface area contributed by atoms with Crippen molar-refractivity contribution in [2.75, 3.05) is 18.0 Å². The van der Waals surface area contributed by atoms with Crippen LogP contribution >= 0.6 is 11.6 Å². The normalized spacial score (nSPS) is 26.2. The summed E-state index contributed by atoms with van der Waals surface area (Å²) >= 11 is 6.33. The van der Waals surface area contributed by atoms with Crippen molar-refractivity contribution in [3.8, 4) is 5.75 Å². The molecular formula is C35H46ClN3O5S. The fourth-order valence-electron chi connectivity index (χ4n) is 6.66. The first-order valence-electron chi connectivity index (χ1n) is 16.4. The molecule has 2 aromatic carbocycles. The van der Waals surface area contributed by atoms with Crippen LogP contribution < -0.4 is 19.7 Å². The van der Waals surface area contributed by atoms with Crippen LogP contribution in [0, 0.1) is 17.8 Å². The van der Waals surface area contributed by atoms with E-state index in [1.807, 2.05) is 45.0 Å². The van der Waals surface area contributed by atoms with Gasteiger partial charge in [-0.05, 0) is 105 Å². The molecule has 0 saturated heterocycles. The van der Waals surface area contributed by atoms with E-state index in [1.165, 1.54) is 5.56 Å². The van der Waals surface area contributed by atoms with Crippen molar-refractivity contribution < 1.29 is 22.7 Å². The lowest BCUT2D eigenvalue weighted by molar-refractivity contribution is -0.125. The van der Waals surface area contributed by atoms with E-state index in [0.717, 1.165) is 56.4 Å². The van der Waals surface area contributed by atoms with Gasteiger partial charge in [0, 0.05) is 29.6 Å². The highest BCUT2D eigenvalue weighted by atomic mass is 35.5. The average Bonchev–Trinajstić information content (AvgIpc) is 3.01. The lowest BCUT2D eigenvalue weighted by Crippen LogP contribution is -2.50. The Bertz CT molecular complexity index is 1530. The molecule has 1 aliphatic carbocycles. The minimum Gasteiger partial charge on any atom is -0.487 e. The van der Waals surface area contributed by atoms with Crippen molar-refractivity contribution in [3.63, 3.8) is 0 Å². The maximum Gasteiger partial charge on any atom is 0.264 e. The first-order valence-corrected chi connectivity index (χ1v) is 18.3. The Labute approximate surface area is 273 Å². The molecule has 2 aliphatic heterocycles. The van der Waals surface area contributed by atoms with E-state index in [2.05, 4.69) is 21.0 Å². The molecule has 0 aromatic heterocycles. The lowest BCUT2D eigenvalue weighted by Gasteiger charge is -2.44. The molecule has 4 atom stereocenters. The second kappa shape index (κ2) is 14.6. The summed E-state index contributed by atoms with van der Waals surface area (Å²) in [5.74, 6) is 0.470.